The van der Waals surface area contributed by atoms with Crippen molar-refractivity contribution in [2.75, 3.05) is 23.0 Å². The Labute approximate surface area is 169 Å². The summed E-state index contributed by atoms with van der Waals surface area (Å²) >= 11 is 12.0. The van der Waals surface area contributed by atoms with Crippen molar-refractivity contribution in [1.82, 2.24) is 0 Å². The average Bonchev–Trinajstić information content (AvgIpc) is 2.61. The summed E-state index contributed by atoms with van der Waals surface area (Å²) in [5.41, 5.74) is 0.764. The Balaban J connectivity index is 2.39. The summed E-state index contributed by atoms with van der Waals surface area (Å²) in [6, 6.07) is 10.3. The first-order valence-corrected chi connectivity index (χ1v) is 10.7. The standard InChI is InChI=1S/C18H20Cl2N2O4S/c1-4-17(18(23)21-12-6-5-7-14(10-12)26-2)22(27(3,24)25)13-8-9-15(19)16(20)11-13/h5-11,17H,4H2,1-3H3,(H,21,23). The largest absolute Gasteiger partial charge is 0.497 e. The fraction of sp³-hybridized carbons (Fsp3) is 0.278. The van der Waals surface area contributed by atoms with Gasteiger partial charge in [-0.05, 0) is 36.8 Å². The van der Waals surface area contributed by atoms with Crippen LogP contribution in [0.3, 0.4) is 0 Å². The van der Waals surface area contributed by atoms with Gasteiger partial charge in [-0.1, -0.05) is 36.2 Å². The lowest BCUT2D eigenvalue weighted by atomic mass is 10.1. The molecule has 2 rings (SSSR count). The Hall–Kier alpha value is -1.96. The lowest BCUT2D eigenvalue weighted by Gasteiger charge is -2.30. The number of methoxy groups -OCH3 is 1. The highest BCUT2D eigenvalue weighted by molar-refractivity contribution is 7.92. The maximum Gasteiger partial charge on any atom is 0.248 e. The van der Waals surface area contributed by atoms with Gasteiger partial charge in [0.25, 0.3) is 0 Å². The number of amides is 1. The van der Waals surface area contributed by atoms with Gasteiger partial charge in [0.1, 0.15) is 11.8 Å². The molecule has 2 aromatic carbocycles. The number of carbonyl (C=O) groups excluding carboxylic acids is 1. The molecule has 0 aliphatic carbocycles. The molecule has 0 heterocycles. The number of nitrogens with zero attached hydrogens (tertiary/aromatic N) is 1. The van der Waals surface area contributed by atoms with Crippen LogP contribution in [-0.2, 0) is 14.8 Å². The number of halogens is 2. The maximum absolute atomic E-state index is 12.8. The van der Waals surface area contributed by atoms with Crippen LogP contribution in [0.2, 0.25) is 10.0 Å². The molecule has 2 aromatic rings. The second kappa shape index (κ2) is 8.82. The summed E-state index contributed by atoms with van der Waals surface area (Å²) in [5, 5.41) is 3.23. The number of carbonyl (C=O) groups is 1. The number of hydrogen-bond acceptors (Lipinski definition) is 4. The predicted octanol–water partition coefficient (Wildman–Crippen LogP) is 4.19. The molecule has 1 N–H and O–H groups in total. The molecule has 0 fully saturated rings. The highest BCUT2D eigenvalue weighted by Crippen LogP contribution is 2.30. The van der Waals surface area contributed by atoms with Crippen molar-refractivity contribution in [2.24, 2.45) is 0 Å². The summed E-state index contributed by atoms with van der Waals surface area (Å²) in [6.45, 7) is 1.73. The molecule has 1 unspecified atom stereocenters. The van der Waals surface area contributed by atoms with E-state index in [0.29, 0.717) is 16.5 Å². The fourth-order valence-electron chi connectivity index (χ4n) is 2.61. The Morgan fingerprint density at radius 2 is 1.89 bits per heavy atom. The molecule has 1 amide bonds. The molecule has 1 atom stereocenters. The van der Waals surface area contributed by atoms with Gasteiger partial charge in [0, 0.05) is 11.8 Å². The first-order chi connectivity index (χ1) is 12.7. The van der Waals surface area contributed by atoms with Crippen molar-refractivity contribution in [3.8, 4) is 5.75 Å². The normalized spacial score (nSPS) is 12.3. The van der Waals surface area contributed by atoms with E-state index in [0.717, 1.165) is 10.6 Å². The van der Waals surface area contributed by atoms with E-state index in [1.807, 2.05) is 0 Å². The predicted molar refractivity (Wildman–Crippen MR) is 109 cm³/mol. The molecule has 146 valence electrons. The highest BCUT2D eigenvalue weighted by atomic mass is 35.5. The molecule has 0 spiro atoms. The van der Waals surface area contributed by atoms with Crippen LogP contribution in [0.25, 0.3) is 0 Å². The van der Waals surface area contributed by atoms with Crippen LogP contribution < -0.4 is 14.4 Å². The van der Waals surface area contributed by atoms with Crippen LogP contribution in [0.5, 0.6) is 5.75 Å². The molecule has 0 saturated carbocycles. The van der Waals surface area contributed by atoms with Gasteiger partial charge in [-0.2, -0.15) is 0 Å². The van der Waals surface area contributed by atoms with Crippen molar-refractivity contribution in [2.45, 2.75) is 19.4 Å². The second-order valence-corrected chi connectivity index (χ2v) is 8.48. The van der Waals surface area contributed by atoms with E-state index in [1.165, 1.54) is 25.3 Å². The van der Waals surface area contributed by atoms with Crippen LogP contribution in [0.1, 0.15) is 13.3 Å². The minimum Gasteiger partial charge on any atom is -0.497 e. The van der Waals surface area contributed by atoms with Crippen molar-refractivity contribution >= 4 is 50.5 Å². The van der Waals surface area contributed by atoms with E-state index in [9.17, 15) is 13.2 Å². The minimum absolute atomic E-state index is 0.200. The van der Waals surface area contributed by atoms with E-state index in [4.69, 9.17) is 27.9 Å². The third-order valence-electron chi connectivity index (χ3n) is 3.82. The Kier molecular flexibility index (Phi) is 6.97. The zero-order valence-corrected chi connectivity index (χ0v) is 17.4. The summed E-state index contributed by atoms with van der Waals surface area (Å²) in [7, 11) is -2.24. The van der Waals surface area contributed by atoms with E-state index in [1.54, 1.807) is 31.2 Å². The van der Waals surface area contributed by atoms with Crippen LogP contribution in [0.4, 0.5) is 11.4 Å². The molecule has 9 heteroatoms. The zero-order chi connectivity index (χ0) is 20.2. The Bertz CT molecular complexity index is 935. The third kappa shape index (κ3) is 5.28. The quantitative estimate of drug-likeness (QED) is 0.714. The van der Waals surface area contributed by atoms with E-state index < -0.39 is 22.0 Å². The number of rotatable bonds is 7. The zero-order valence-electron chi connectivity index (χ0n) is 15.1. The number of hydrogen-bond donors (Lipinski definition) is 1. The Morgan fingerprint density at radius 3 is 2.44 bits per heavy atom. The third-order valence-corrected chi connectivity index (χ3v) is 5.74. The van der Waals surface area contributed by atoms with Gasteiger partial charge in [-0.15, -0.1) is 0 Å². The van der Waals surface area contributed by atoms with Crippen molar-refractivity contribution in [3.05, 3.63) is 52.5 Å². The first-order valence-electron chi connectivity index (χ1n) is 8.06. The van der Waals surface area contributed by atoms with Gasteiger partial charge in [0.15, 0.2) is 0 Å². The molecular weight excluding hydrogens is 411 g/mol. The lowest BCUT2D eigenvalue weighted by molar-refractivity contribution is -0.117. The molecular formula is C18H20Cl2N2O4S. The van der Waals surface area contributed by atoms with E-state index in [-0.39, 0.29) is 17.1 Å². The molecule has 0 aliphatic heterocycles. The smallest absolute Gasteiger partial charge is 0.248 e. The summed E-state index contributed by atoms with van der Waals surface area (Å²) < 4.78 is 31.1. The molecule has 0 aliphatic rings. The highest BCUT2D eigenvalue weighted by Gasteiger charge is 2.32. The molecule has 0 bridgehead atoms. The monoisotopic (exact) mass is 430 g/mol. The lowest BCUT2D eigenvalue weighted by Crippen LogP contribution is -2.47. The number of nitrogens with one attached hydrogen (secondary N) is 1. The molecule has 0 radical (unpaired) electrons. The molecule has 27 heavy (non-hydrogen) atoms. The summed E-state index contributed by atoms with van der Waals surface area (Å²) in [5.74, 6) is 0.104. The van der Waals surface area contributed by atoms with Crippen molar-refractivity contribution < 1.29 is 17.9 Å². The number of anilines is 2. The van der Waals surface area contributed by atoms with E-state index in [2.05, 4.69) is 5.32 Å². The van der Waals surface area contributed by atoms with Crippen LogP contribution >= 0.6 is 23.2 Å². The number of ether oxygens (including phenoxy) is 1. The van der Waals surface area contributed by atoms with Crippen LogP contribution in [0.15, 0.2) is 42.5 Å². The van der Waals surface area contributed by atoms with Crippen molar-refractivity contribution in [1.29, 1.82) is 0 Å². The molecule has 0 saturated heterocycles. The van der Waals surface area contributed by atoms with E-state index >= 15 is 0 Å². The van der Waals surface area contributed by atoms with Gasteiger partial charge >= 0.3 is 0 Å². The van der Waals surface area contributed by atoms with Gasteiger partial charge in [0.2, 0.25) is 15.9 Å². The van der Waals surface area contributed by atoms with Gasteiger partial charge in [-0.3, -0.25) is 9.10 Å². The van der Waals surface area contributed by atoms with Crippen LogP contribution in [0, 0.1) is 0 Å². The summed E-state index contributed by atoms with van der Waals surface area (Å²) in [4.78, 5) is 12.8. The van der Waals surface area contributed by atoms with Gasteiger partial charge < -0.3 is 10.1 Å². The average molecular weight is 431 g/mol. The minimum atomic E-state index is -3.76. The summed E-state index contributed by atoms with van der Waals surface area (Å²) in [6.07, 6.45) is 1.29. The first kappa shape index (κ1) is 21.3. The van der Waals surface area contributed by atoms with Crippen molar-refractivity contribution in [3.63, 3.8) is 0 Å². The van der Waals surface area contributed by atoms with Gasteiger partial charge in [0.05, 0.1) is 29.1 Å². The second-order valence-electron chi connectivity index (χ2n) is 5.80. The molecule has 0 aromatic heterocycles. The Morgan fingerprint density at radius 1 is 1.19 bits per heavy atom. The SMILES string of the molecule is CCC(C(=O)Nc1cccc(OC)c1)N(c1ccc(Cl)c(Cl)c1)S(C)(=O)=O. The maximum atomic E-state index is 12.8. The fourth-order valence-corrected chi connectivity index (χ4v) is 4.10. The van der Waals surface area contributed by atoms with Crippen LogP contribution in [-0.4, -0.2) is 33.7 Å². The number of sulfonamides is 1. The van der Waals surface area contributed by atoms with Gasteiger partial charge in [-0.25, -0.2) is 8.42 Å². The topological polar surface area (TPSA) is 75.7 Å². The number of benzene rings is 2. The molecule has 6 nitrogen and oxygen atoms in total.